The Morgan fingerprint density at radius 3 is 2.54 bits per heavy atom. The highest BCUT2D eigenvalue weighted by Crippen LogP contribution is 2.28. The summed E-state index contributed by atoms with van der Waals surface area (Å²) in [4.78, 5) is 6.94. The summed E-state index contributed by atoms with van der Waals surface area (Å²) in [5.74, 6) is 0.890. The van der Waals surface area contributed by atoms with E-state index in [0.717, 1.165) is 47.9 Å². The molecule has 3 rings (SSSR count). The van der Waals surface area contributed by atoms with Crippen molar-refractivity contribution in [3.63, 3.8) is 0 Å². The van der Waals surface area contributed by atoms with Crippen molar-refractivity contribution in [1.29, 1.82) is 0 Å². The van der Waals surface area contributed by atoms with Gasteiger partial charge in [-0.3, -0.25) is 0 Å². The largest absolute Gasteiger partial charge is 0.494 e. The van der Waals surface area contributed by atoms with Crippen LogP contribution in [-0.4, -0.2) is 35.0 Å². The molecule has 0 aliphatic carbocycles. The van der Waals surface area contributed by atoms with Crippen molar-refractivity contribution in [3.05, 3.63) is 53.3 Å². The second-order valence-electron chi connectivity index (χ2n) is 6.09. The number of ether oxygens (including phenoxy) is 1. The summed E-state index contributed by atoms with van der Waals surface area (Å²) in [6, 6.07) is 11.9. The van der Waals surface area contributed by atoms with Gasteiger partial charge in [-0.2, -0.15) is 0 Å². The molecule has 0 unspecified atom stereocenters. The Kier molecular flexibility index (Phi) is 5.07. The molecule has 0 N–H and O–H groups in total. The van der Waals surface area contributed by atoms with Crippen LogP contribution in [-0.2, 0) is 6.54 Å². The summed E-state index contributed by atoms with van der Waals surface area (Å²) in [5, 5.41) is 0.703. The van der Waals surface area contributed by atoms with Gasteiger partial charge in [0.05, 0.1) is 23.0 Å². The average Bonchev–Trinajstić information content (AvgIpc) is 2.91. The zero-order valence-corrected chi connectivity index (χ0v) is 15.0. The van der Waals surface area contributed by atoms with Crippen molar-refractivity contribution in [1.82, 2.24) is 14.3 Å². The monoisotopic (exact) mass is 343 g/mol. The molecule has 24 heavy (non-hydrogen) atoms. The van der Waals surface area contributed by atoms with Crippen LogP contribution in [0.4, 0.5) is 0 Å². The first-order valence-electron chi connectivity index (χ1n) is 8.13. The van der Waals surface area contributed by atoms with Crippen LogP contribution in [0.1, 0.15) is 19.0 Å². The number of benzene rings is 1. The summed E-state index contributed by atoms with van der Waals surface area (Å²) >= 11 is 6.17. The molecule has 2 heterocycles. The van der Waals surface area contributed by atoms with Crippen LogP contribution in [0, 0.1) is 0 Å². The molecule has 4 nitrogen and oxygen atoms in total. The molecule has 0 saturated heterocycles. The topological polar surface area (TPSA) is 29.8 Å². The molecule has 0 amide bonds. The van der Waals surface area contributed by atoms with E-state index in [0.29, 0.717) is 5.02 Å². The van der Waals surface area contributed by atoms with Gasteiger partial charge < -0.3 is 14.0 Å². The standard InChI is InChI=1S/C19H22ClN3O/c1-4-11-24-16-8-5-14(6-9-16)19-17(13-22(2)3)23-12-15(20)7-10-18(23)21-19/h5-10,12H,4,11,13H2,1-3H3. The number of imidazole rings is 1. The maximum Gasteiger partial charge on any atom is 0.137 e. The Balaban J connectivity index is 2.04. The van der Waals surface area contributed by atoms with E-state index in [-0.39, 0.29) is 0 Å². The third-order valence-electron chi connectivity index (χ3n) is 3.75. The van der Waals surface area contributed by atoms with Gasteiger partial charge in [0.25, 0.3) is 0 Å². The van der Waals surface area contributed by atoms with Crippen molar-refractivity contribution in [2.75, 3.05) is 20.7 Å². The lowest BCUT2D eigenvalue weighted by Crippen LogP contribution is -2.13. The van der Waals surface area contributed by atoms with E-state index in [1.807, 2.05) is 30.5 Å². The fraction of sp³-hybridized carbons (Fsp3) is 0.316. The molecule has 0 radical (unpaired) electrons. The minimum absolute atomic E-state index is 0.703. The summed E-state index contributed by atoms with van der Waals surface area (Å²) in [5.41, 5.74) is 4.08. The Labute approximate surface area is 147 Å². The van der Waals surface area contributed by atoms with E-state index >= 15 is 0 Å². The molecule has 0 saturated carbocycles. The minimum Gasteiger partial charge on any atom is -0.494 e. The quantitative estimate of drug-likeness (QED) is 0.659. The molecule has 0 atom stereocenters. The minimum atomic E-state index is 0.703. The van der Waals surface area contributed by atoms with E-state index in [4.69, 9.17) is 21.3 Å². The predicted octanol–water partition coefficient (Wildman–Crippen LogP) is 4.51. The van der Waals surface area contributed by atoms with Crippen LogP contribution in [0.3, 0.4) is 0 Å². The number of halogens is 1. The SMILES string of the molecule is CCCOc1ccc(-c2nc3ccc(Cl)cn3c2CN(C)C)cc1. The molecule has 126 valence electrons. The molecule has 0 aliphatic rings. The van der Waals surface area contributed by atoms with Gasteiger partial charge in [-0.05, 0) is 56.9 Å². The molecule has 2 aromatic heterocycles. The Morgan fingerprint density at radius 2 is 1.88 bits per heavy atom. The normalized spacial score (nSPS) is 11.4. The zero-order valence-electron chi connectivity index (χ0n) is 14.3. The third-order valence-corrected chi connectivity index (χ3v) is 3.97. The van der Waals surface area contributed by atoms with E-state index < -0.39 is 0 Å². The van der Waals surface area contributed by atoms with Gasteiger partial charge in [-0.1, -0.05) is 18.5 Å². The van der Waals surface area contributed by atoms with Gasteiger partial charge in [0.1, 0.15) is 11.4 Å². The number of rotatable bonds is 6. The lowest BCUT2D eigenvalue weighted by atomic mass is 10.1. The zero-order chi connectivity index (χ0) is 17.1. The molecule has 1 aromatic carbocycles. The highest BCUT2D eigenvalue weighted by molar-refractivity contribution is 6.30. The highest BCUT2D eigenvalue weighted by Gasteiger charge is 2.15. The lowest BCUT2D eigenvalue weighted by molar-refractivity contribution is 0.317. The van der Waals surface area contributed by atoms with Crippen LogP contribution >= 0.6 is 11.6 Å². The smallest absolute Gasteiger partial charge is 0.137 e. The summed E-state index contributed by atoms with van der Waals surface area (Å²) in [6.45, 7) is 3.62. The number of nitrogens with zero attached hydrogens (tertiary/aromatic N) is 3. The first-order chi connectivity index (χ1) is 11.6. The van der Waals surface area contributed by atoms with Gasteiger partial charge in [0.2, 0.25) is 0 Å². The maximum atomic E-state index is 6.17. The molecule has 0 fully saturated rings. The van der Waals surface area contributed by atoms with Crippen molar-refractivity contribution >= 4 is 17.2 Å². The molecule has 5 heteroatoms. The number of hydrogen-bond donors (Lipinski definition) is 0. The van der Waals surface area contributed by atoms with Crippen LogP contribution in [0.25, 0.3) is 16.9 Å². The van der Waals surface area contributed by atoms with Crippen molar-refractivity contribution in [3.8, 4) is 17.0 Å². The second kappa shape index (κ2) is 7.24. The van der Waals surface area contributed by atoms with Gasteiger partial charge in [0, 0.05) is 18.3 Å². The fourth-order valence-corrected chi connectivity index (χ4v) is 2.84. The fourth-order valence-electron chi connectivity index (χ4n) is 2.68. The summed E-state index contributed by atoms with van der Waals surface area (Å²) < 4.78 is 7.73. The van der Waals surface area contributed by atoms with E-state index in [1.165, 1.54) is 0 Å². The van der Waals surface area contributed by atoms with Gasteiger partial charge in [-0.25, -0.2) is 4.98 Å². The van der Waals surface area contributed by atoms with Crippen LogP contribution in [0.2, 0.25) is 5.02 Å². The van der Waals surface area contributed by atoms with Crippen LogP contribution in [0.5, 0.6) is 5.75 Å². The highest BCUT2D eigenvalue weighted by atomic mass is 35.5. The third kappa shape index (κ3) is 3.55. The van der Waals surface area contributed by atoms with E-state index in [9.17, 15) is 0 Å². The summed E-state index contributed by atoms with van der Waals surface area (Å²) in [7, 11) is 4.10. The predicted molar refractivity (Wildman–Crippen MR) is 98.8 cm³/mol. The first-order valence-corrected chi connectivity index (χ1v) is 8.50. The molecular weight excluding hydrogens is 322 g/mol. The number of fused-ring (bicyclic) bond motifs is 1. The van der Waals surface area contributed by atoms with Crippen molar-refractivity contribution < 1.29 is 4.74 Å². The lowest BCUT2D eigenvalue weighted by Gasteiger charge is -2.12. The van der Waals surface area contributed by atoms with Crippen molar-refractivity contribution in [2.45, 2.75) is 19.9 Å². The second-order valence-corrected chi connectivity index (χ2v) is 6.53. The average molecular weight is 344 g/mol. The van der Waals surface area contributed by atoms with E-state index in [2.05, 4.69) is 42.5 Å². The van der Waals surface area contributed by atoms with Gasteiger partial charge in [0.15, 0.2) is 0 Å². The van der Waals surface area contributed by atoms with Gasteiger partial charge >= 0.3 is 0 Å². The Hall–Kier alpha value is -2.04. The van der Waals surface area contributed by atoms with Crippen molar-refractivity contribution in [2.24, 2.45) is 0 Å². The molecule has 0 bridgehead atoms. The Bertz CT molecular complexity index is 824. The first kappa shape index (κ1) is 16.8. The number of pyridine rings is 1. The number of aromatic nitrogens is 2. The molecule has 0 spiro atoms. The number of hydrogen-bond acceptors (Lipinski definition) is 3. The summed E-state index contributed by atoms with van der Waals surface area (Å²) in [6.07, 6.45) is 2.92. The Morgan fingerprint density at radius 1 is 1.12 bits per heavy atom. The molecular formula is C19H22ClN3O. The molecule has 0 aliphatic heterocycles. The van der Waals surface area contributed by atoms with Gasteiger partial charge in [-0.15, -0.1) is 0 Å². The molecule has 3 aromatic rings. The maximum absolute atomic E-state index is 6.17. The van der Waals surface area contributed by atoms with E-state index in [1.54, 1.807) is 0 Å². The van der Waals surface area contributed by atoms with Crippen LogP contribution < -0.4 is 4.74 Å². The van der Waals surface area contributed by atoms with Crippen LogP contribution in [0.15, 0.2) is 42.6 Å².